The second kappa shape index (κ2) is 9.92. The van der Waals surface area contributed by atoms with Gasteiger partial charge in [0.1, 0.15) is 0 Å². The Morgan fingerprint density at radius 2 is 1.84 bits per heavy atom. The number of nitrogens with zero attached hydrogens (tertiary/aromatic N) is 3. The van der Waals surface area contributed by atoms with Gasteiger partial charge >= 0.3 is 0 Å². The molecule has 31 heavy (non-hydrogen) atoms. The zero-order valence-corrected chi connectivity index (χ0v) is 18.5. The van der Waals surface area contributed by atoms with Crippen LogP contribution in [-0.2, 0) is 11.2 Å². The number of aromatic nitrogens is 2. The van der Waals surface area contributed by atoms with E-state index >= 15 is 0 Å². The smallest absolute Gasteiger partial charge is 0.224 e. The number of amides is 1. The molecule has 0 unspecified atom stereocenters. The second-order valence-corrected chi connectivity index (χ2v) is 8.53. The van der Waals surface area contributed by atoms with Crippen LogP contribution in [0.4, 0.5) is 5.82 Å². The van der Waals surface area contributed by atoms with Crippen molar-refractivity contribution in [2.45, 2.75) is 26.2 Å². The summed E-state index contributed by atoms with van der Waals surface area (Å²) in [6.07, 6.45) is 2.67. The first-order valence-corrected chi connectivity index (χ1v) is 11.1. The van der Waals surface area contributed by atoms with Gasteiger partial charge in [0.15, 0.2) is 5.82 Å². The van der Waals surface area contributed by atoms with E-state index in [0.717, 1.165) is 47.9 Å². The minimum absolute atomic E-state index is 0.0301. The number of benzene rings is 2. The van der Waals surface area contributed by atoms with E-state index in [1.165, 1.54) is 11.1 Å². The van der Waals surface area contributed by atoms with Crippen molar-refractivity contribution in [1.29, 1.82) is 0 Å². The molecule has 0 aliphatic carbocycles. The number of nitrogens with one attached hydrogen (secondary N) is 1. The molecule has 1 aromatic heterocycles. The van der Waals surface area contributed by atoms with E-state index in [2.05, 4.69) is 51.6 Å². The van der Waals surface area contributed by atoms with E-state index in [-0.39, 0.29) is 11.8 Å². The number of anilines is 1. The molecule has 160 valence electrons. The predicted octanol–water partition coefficient (Wildman–Crippen LogP) is 4.68. The molecule has 1 N–H and O–H groups in total. The van der Waals surface area contributed by atoms with Gasteiger partial charge in [-0.1, -0.05) is 53.6 Å². The Morgan fingerprint density at radius 1 is 1.06 bits per heavy atom. The molecule has 0 spiro atoms. The van der Waals surface area contributed by atoms with Gasteiger partial charge in [0, 0.05) is 30.2 Å². The Bertz CT molecular complexity index is 1000. The Kier molecular flexibility index (Phi) is 6.82. The Balaban J connectivity index is 1.31. The Hall–Kier alpha value is -2.92. The summed E-state index contributed by atoms with van der Waals surface area (Å²) in [7, 11) is 0. The van der Waals surface area contributed by atoms with Crippen LogP contribution >= 0.6 is 11.6 Å². The number of piperidine rings is 1. The first kappa shape index (κ1) is 21.3. The molecular formula is C25H27ClN4O. The maximum Gasteiger partial charge on any atom is 0.224 e. The van der Waals surface area contributed by atoms with Gasteiger partial charge in [-0.3, -0.25) is 4.79 Å². The van der Waals surface area contributed by atoms with E-state index in [1.807, 2.05) is 36.4 Å². The number of hydrogen-bond acceptors (Lipinski definition) is 4. The predicted molar refractivity (Wildman–Crippen MR) is 125 cm³/mol. The molecule has 0 saturated carbocycles. The van der Waals surface area contributed by atoms with Crippen LogP contribution in [0.25, 0.3) is 11.3 Å². The van der Waals surface area contributed by atoms with E-state index in [4.69, 9.17) is 11.6 Å². The van der Waals surface area contributed by atoms with Crippen LogP contribution in [0, 0.1) is 12.8 Å². The van der Waals surface area contributed by atoms with E-state index in [0.29, 0.717) is 13.1 Å². The van der Waals surface area contributed by atoms with Crippen molar-refractivity contribution in [1.82, 2.24) is 15.5 Å². The van der Waals surface area contributed by atoms with Crippen LogP contribution in [0.15, 0.2) is 60.7 Å². The molecule has 1 aliphatic rings. The first-order valence-electron chi connectivity index (χ1n) is 10.8. The highest BCUT2D eigenvalue weighted by molar-refractivity contribution is 6.30. The molecule has 2 aromatic carbocycles. The van der Waals surface area contributed by atoms with Crippen LogP contribution in [-0.4, -0.2) is 35.7 Å². The number of halogens is 1. The fraction of sp³-hybridized carbons (Fsp3) is 0.320. The number of hydrogen-bond donors (Lipinski definition) is 1. The summed E-state index contributed by atoms with van der Waals surface area (Å²) in [6, 6.07) is 20.0. The Morgan fingerprint density at radius 3 is 2.55 bits per heavy atom. The van der Waals surface area contributed by atoms with Gasteiger partial charge in [-0.2, -0.15) is 0 Å². The monoisotopic (exact) mass is 434 g/mol. The Labute approximate surface area is 188 Å². The van der Waals surface area contributed by atoms with Crippen molar-refractivity contribution in [3.8, 4) is 11.3 Å². The number of carbonyl (C=O) groups excluding carboxylic acids is 1. The van der Waals surface area contributed by atoms with Gasteiger partial charge in [-0.05, 0) is 56.0 Å². The highest BCUT2D eigenvalue weighted by atomic mass is 35.5. The molecule has 3 aromatic rings. The zero-order valence-electron chi connectivity index (χ0n) is 17.7. The lowest BCUT2D eigenvalue weighted by Gasteiger charge is -2.32. The largest absolute Gasteiger partial charge is 0.355 e. The first-order chi connectivity index (χ1) is 15.1. The number of aryl methyl sites for hydroxylation is 1. The maximum absolute atomic E-state index is 12.7. The second-order valence-electron chi connectivity index (χ2n) is 8.10. The fourth-order valence-corrected chi connectivity index (χ4v) is 4.02. The molecule has 2 heterocycles. The van der Waals surface area contributed by atoms with Crippen molar-refractivity contribution in [3.05, 3.63) is 76.8 Å². The highest BCUT2D eigenvalue weighted by Gasteiger charge is 2.26. The summed E-state index contributed by atoms with van der Waals surface area (Å²) < 4.78 is 0. The van der Waals surface area contributed by atoms with Crippen LogP contribution in [0.3, 0.4) is 0 Å². The van der Waals surface area contributed by atoms with Crippen LogP contribution in [0.1, 0.15) is 24.0 Å². The lowest BCUT2D eigenvalue weighted by atomic mass is 9.97. The van der Waals surface area contributed by atoms with E-state index in [9.17, 15) is 4.79 Å². The SMILES string of the molecule is Cc1ccc(-c2ccc(N3CCC[C@H](C(=O)NCCc4ccc(Cl)cc4)C3)nn2)cc1. The van der Waals surface area contributed by atoms with Crippen LogP contribution in [0.5, 0.6) is 0 Å². The minimum Gasteiger partial charge on any atom is -0.355 e. The summed E-state index contributed by atoms with van der Waals surface area (Å²) in [4.78, 5) is 14.9. The summed E-state index contributed by atoms with van der Waals surface area (Å²) >= 11 is 5.92. The van der Waals surface area contributed by atoms with Gasteiger partial charge in [-0.25, -0.2) is 0 Å². The minimum atomic E-state index is -0.0301. The third-order valence-corrected chi connectivity index (χ3v) is 5.99. The van der Waals surface area contributed by atoms with Gasteiger partial charge in [-0.15, -0.1) is 10.2 Å². The van der Waals surface area contributed by atoms with Crippen molar-refractivity contribution in [2.75, 3.05) is 24.5 Å². The highest BCUT2D eigenvalue weighted by Crippen LogP contribution is 2.23. The third-order valence-electron chi connectivity index (χ3n) is 5.74. The summed E-state index contributed by atoms with van der Waals surface area (Å²) in [5.41, 5.74) is 4.30. The van der Waals surface area contributed by atoms with E-state index < -0.39 is 0 Å². The molecule has 1 amide bonds. The molecule has 4 rings (SSSR count). The molecule has 5 nitrogen and oxygen atoms in total. The third kappa shape index (κ3) is 5.61. The quantitative estimate of drug-likeness (QED) is 0.612. The zero-order chi connectivity index (χ0) is 21.6. The van der Waals surface area contributed by atoms with Gasteiger partial charge in [0.25, 0.3) is 0 Å². The number of carbonyl (C=O) groups is 1. The van der Waals surface area contributed by atoms with Crippen molar-refractivity contribution in [2.24, 2.45) is 5.92 Å². The van der Waals surface area contributed by atoms with Crippen molar-refractivity contribution >= 4 is 23.3 Å². The van der Waals surface area contributed by atoms with Crippen LogP contribution < -0.4 is 10.2 Å². The van der Waals surface area contributed by atoms with Crippen molar-refractivity contribution in [3.63, 3.8) is 0 Å². The van der Waals surface area contributed by atoms with E-state index in [1.54, 1.807) is 0 Å². The standard InChI is InChI=1S/C25H27ClN4O/c1-18-4-8-20(9-5-18)23-12-13-24(29-28-23)30-16-2-3-21(17-30)25(31)27-15-14-19-6-10-22(26)11-7-19/h4-13,21H,2-3,14-17H2,1H3,(H,27,31)/t21-/m0/s1. The molecule has 1 saturated heterocycles. The maximum atomic E-state index is 12.7. The molecule has 1 aliphatic heterocycles. The van der Waals surface area contributed by atoms with Gasteiger partial charge in [0.2, 0.25) is 5.91 Å². The average Bonchev–Trinajstić information content (AvgIpc) is 2.81. The van der Waals surface area contributed by atoms with Crippen LogP contribution in [0.2, 0.25) is 5.02 Å². The molecule has 6 heteroatoms. The summed E-state index contributed by atoms with van der Waals surface area (Å²) in [5.74, 6) is 0.912. The van der Waals surface area contributed by atoms with Gasteiger partial charge in [0.05, 0.1) is 11.6 Å². The topological polar surface area (TPSA) is 58.1 Å². The fourth-order valence-electron chi connectivity index (χ4n) is 3.90. The molecular weight excluding hydrogens is 408 g/mol. The summed E-state index contributed by atoms with van der Waals surface area (Å²) in [6.45, 7) is 4.26. The normalized spacial score (nSPS) is 16.2. The summed E-state index contributed by atoms with van der Waals surface area (Å²) in [5, 5.41) is 12.7. The van der Waals surface area contributed by atoms with Crippen molar-refractivity contribution < 1.29 is 4.79 Å². The lowest BCUT2D eigenvalue weighted by Crippen LogP contribution is -2.43. The number of rotatable bonds is 6. The van der Waals surface area contributed by atoms with Gasteiger partial charge < -0.3 is 10.2 Å². The average molecular weight is 435 g/mol. The molecule has 0 radical (unpaired) electrons. The molecule has 0 bridgehead atoms. The lowest BCUT2D eigenvalue weighted by molar-refractivity contribution is -0.125. The molecule has 1 atom stereocenters. The molecule has 1 fully saturated rings.